The van der Waals surface area contributed by atoms with Crippen LogP contribution in [0.1, 0.15) is 40.5 Å². The molecule has 7 heteroatoms. The largest absolute Gasteiger partial charge is 0.295 e. The van der Waals surface area contributed by atoms with E-state index < -0.39 is 17.9 Å². The molecule has 3 heterocycles. The highest BCUT2D eigenvalue weighted by molar-refractivity contribution is 6.30. The molecule has 3 saturated heterocycles. The van der Waals surface area contributed by atoms with E-state index >= 15 is 0 Å². The van der Waals surface area contributed by atoms with Gasteiger partial charge in [0.15, 0.2) is 11.6 Å². The zero-order chi connectivity index (χ0) is 21.9. The Morgan fingerprint density at radius 2 is 1.52 bits per heavy atom. The van der Waals surface area contributed by atoms with Crippen LogP contribution in [-0.4, -0.2) is 46.9 Å². The van der Waals surface area contributed by atoms with Crippen molar-refractivity contribution in [1.29, 1.82) is 0 Å². The van der Waals surface area contributed by atoms with Gasteiger partial charge in [-0.15, -0.1) is 0 Å². The summed E-state index contributed by atoms with van der Waals surface area (Å²) in [7, 11) is 0. The third-order valence-electron chi connectivity index (χ3n) is 6.78. The van der Waals surface area contributed by atoms with Crippen molar-refractivity contribution >= 4 is 40.7 Å². The molecule has 0 bridgehead atoms. The summed E-state index contributed by atoms with van der Waals surface area (Å²) in [6.07, 6.45) is 1.69. The Balaban J connectivity index is 1.52. The van der Waals surface area contributed by atoms with E-state index in [1.807, 2.05) is 0 Å². The van der Waals surface area contributed by atoms with Crippen molar-refractivity contribution in [2.45, 2.75) is 31.8 Å². The summed E-state index contributed by atoms with van der Waals surface area (Å²) in [4.78, 5) is 55.2. The summed E-state index contributed by atoms with van der Waals surface area (Å²) in [5, 5.41) is 0.534. The monoisotopic (exact) mass is 436 g/mol. The van der Waals surface area contributed by atoms with E-state index in [2.05, 4.69) is 4.90 Å². The lowest BCUT2D eigenvalue weighted by molar-refractivity contribution is -0.123. The molecule has 4 unspecified atom stereocenters. The van der Waals surface area contributed by atoms with Gasteiger partial charge in [0.1, 0.15) is 0 Å². The first-order chi connectivity index (χ1) is 14.9. The fourth-order valence-electron chi connectivity index (χ4n) is 5.40. The van der Waals surface area contributed by atoms with Gasteiger partial charge in [0.25, 0.3) is 0 Å². The van der Waals surface area contributed by atoms with Crippen LogP contribution in [0.2, 0.25) is 5.02 Å². The van der Waals surface area contributed by atoms with Gasteiger partial charge in [0.05, 0.1) is 23.6 Å². The lowest BCUT2D eigenvalue weighted by Gasteiger charge is -2.27. The number of rotatable bonds is 4. The number of carbonyl (C=O) groups excluding carboxylic acids is 4. The molecule has 0 saturated carbocycles. The average Bonchev–Trinajstić information content (AvgIpc) is 3.40. The fourth-order valence-corrected chi connectivity index (χ4v) is 5.53. The second kappa shape index (κ2) is 7.39. The van der Waals surface area contributed by atoms with Crippen molar-refractivity contribution in [3.63, 3.8) is 0 Å². The number of halogens is 1. The molecule has 2 aromatic carbocycles. The van der Waals surface area contributed by atoms with Crippen molar-refractivity contribution in [3.8, 4) is 0 Å². The summed E-state index contributed by atoms with van der Waals surface area (Å²) >= 11 is 5.97. The lowest BCUT2D eigenvalue weighted by atomic mass is 9.85. The minimum atomic E-state index is -0.700. The number of anilines is 1. The number of carbonyl (C=O) groups is 4. The van der Waals surface area contributed by atoms with E-state index in [1.54, 1.807) is 48.5 Å². The number of hydrogen-bond acceptors (Lipinski definition) is 5. The third-order valence-corrected chi connectivity index (χ3v) is 7.03. The van der Waals surface area contributed by atoms with Gasteiger partial charge in [-0.25, -0.2) is 4.90 Å². The normalized spacial score (nSPS) is 27.5. The molecule has 5 rings (SSSR count). The van der Waals surface area contributed by atoms with Crippen LogP contribution in [0.3, 0.4) is 0 Å². The number of benzene rings is 2. The van der Waals surface area contributed by atoms with Gasteiger partial charge in [-0.1, -0.05) is 11.6 Å². The van der Waals surface area contributed by atoms with Crippen LogP contribution in [0.25, 0.3) is 0 Å². The minimum Gasteiger partial charge on any atom is -0.295 e. The molecule has 2 aromatic rings. The van der Waals surface area contributed by atoms with Crippen molar-refractivity contribution < 1.29 is 19.2 Å². The van der Waals surface area contributed by atoms with Gasteiger partial charge in [-0.05, 0) is 74.8 Å². The molecule has 0 aromatic heterocycles. The maximum atomic E-state index is 13.5. The molecule has 3 aliphatic rings. The number of amides is 2. The first-order valence-electron chi connectivity index (χ1n) is 10.4. The molecule has 31 heavy (non-hydrogen) atoms. The number of fused-ring (bicyclic) bond motifs is 3. The number of hydrogen-bond donors (Lipinski definition) is 0. The Morgan fingerprint density at radius 1 is 0.903 bits per heavy atom. The van der Waals surface area contributed by atoms with Crippen LogP contribution in [0.4, 0.5) is 5.69 Å². The minimum absolute atomic E-state index is 0.0854. The quantitative estimate of drug-likeness (QED) is 0.542. The smallest absolute Gasteiger partial charge is 0.239 e. The SMILES string of the molecule is CC(=O)c1ccc(N2C(=O)C3C(C2=O)C(C(=O)c2ccc(Cl)cc2)N2CCCC32)cc1. The Bertz CT molecular complexity index is 1100. The van der Waals surface area contributed by atoms with Crippen LogP contribution in [0.5, 0.6) is 0 Å². The molecule has 3 fully saturated rings. The first-order valence-corrected chi connectivity index (χ1v) is 10.8. The highest BCUT2D eigenvalue weighted by Crippen LogP contribution is 2.48. The molecule has 0 aliphatic carbocycles. The second-order valence-electron chi connectivity index (χ2n) is 8.43. The first kappa shape index (κ1) is 20.1. The lowest BCUT2D eigenvalue weighted by Crippen LogP contribution is -2.46. The Kier molecular flexibility index (Phi) is 4.79. The van der Waals surface area contributed by atoms with Gasteiger partial charge in [0.2, 0.25) is 11.8 Å². The van der Waals surface area contributed by atoms with E-state index in [0.717, 1.165) is 12.8 Å². The summed E-state index contributed by atoms with van der Waals surface area (Å²) in [5.41, 5.74) is 1.45. The fraction of sp³-hybridized carbons (Fsp3) is 0.333. The Morgan fingerprint density at radius 3 is 2.16 bits per heavy atom. The third kappa shape index (κ3) is 3.05. The van der Waals surface area contributed by atoms with Gasteiger partial charge < -0.3 is 0 Å². The van der Waals surface area contributed by atoms with Gasteiger partial charge >= 0.3 is 0 Å². The number of ketones is 2. The summed E-state index contributed by atoms with van der Waals surface area (Å²) in [5.74, 6) is -2.05. The average molecular weight is 437 g/mol. The van der Waals surface area contributed by atoms with E-state index in [0.29, 0.717) is 28.4 Å². The molecule has 3 aliphatic heterocycles. The highest BCUT2D eigenvalue weighted by Gasteiger charge is 2.64. The molecule has 158 valence electrons. The molecule has 6 nitrogen and oxygen atoms in total. The molecular weight excluding hydrogens is 416 g/mol. The van der Waals surface area contributed by atoms with Crippen molar-refractivity contribution in [1.82, 2.24) is 4.90 Å². The Hall–Kier alpha value is -2.83. The maximum Gasteiger partial charge on any atom is 0.239 e. The summed E-state index contributed by atoms with van der Waals surface area (Å²) in [6, 6.07) is 12.4. The molecule has 0 N–H and O–H groups in total. The van der Waals surface area contributed by atoms with Crippen molar-refractivity contribution in [2.75, 3.05) is 11.4 Å². The van der Waals surface area contributed by atoms with Gasteiger partial charge in [-0.3, -0.25) is 24.1 Å². The van der Waals surface area contributed by atoms with E-state index in [1.165, 1.54) is 11.8 Å². The molecule has 0 radical (unpaired) electrons. The molecule has 4 atom stereocenters. The molecule has 2 amide bonds. The van der Waals surface area contributed by atoms with Crippen LogP contribution in [0.15, 0.2) is 48.5 Å². The zero-order valence-corrected chi connectivity index (χ0v) is 17.7. The second-order valence-corrected chi connectivity index (χ2v) is 8.87. The molecular formula is C24H21ClN2O4. The van der Waals surface area contributed by atoms with Crippen molar-refractivity contribution in [2.24, 2.45) is 11.8 Å². The standard InChI is InChI=1S/C24H21ClN2O4/c1-13(28)14-6-10-17(11-7-14)27-23(30)19-18-3-2-12-26(18)21(20(19)24(27)31)22(29)15-4-8-16(25)9-5-15/h4-11,18-21H,2-3,12H2,1H3. The van der Waals surface area contributed by atoms with Gasteiger partial charge in [-0.2, -0.15) is 0 Å². The summed E-state index contributed by atoms with van der Waals surface area (Å²) in [6.45, 7) is 2.17. The van der Waals surface area contributed by atoms with Crippen LogP contribution >= 0.6 is 11.6 Å². The zero-order valence-electron chi connectivity index (χ0n) is 17.0. The number of nitrogens with zero attached hydrogens (tertiary/aromatic N) is 2. The predicted molar refractivity (Wildman–Crippen MR) is 115 cm³/mol. The van der Waals surface area contributed by atoms with Crippen LogP contribution in [0, 0.1) is 11.8 Å². The van der Waals surface area contributed by atoms with Crippen molar-refractivity contribution in [3.05, 3.63) is 64.7 Å². The van der Waals surface area contributed by atoms with E-state index in [4.69, 9.17) is 11.6 Å². The summed E-state index contributed by atoms with van der Waals surface area (Å²) < 4.78 is 0. The van der Waals surface area contributed by atoms with Crippen LogP contribution < -0.4 is 4.90 Å². The van der Waals surface area contributed by atoms with Gasteiger partial charge in [0, 0.05) is 22.2 Å². The Labute approximate surface area is 184 Å². The van der Waals surface area contributed by atoms with E-state index in [9.17, 15) is 19.2 Å². The maximum absolute atomic E-state index is 13.5. The number of Topliss-reactive ketones (excluding diaryl/α,β-unsaturated/α-hetero) is 2. The highest BCUT2D eigenvalue weighted by atomic mass is 35.5. The van der Waals surface area contributed by atoms with Crippen LogP contribution in [-0.2, 0) is 9.59 Å². The van der Waals surface area contributed by atoms with E-state index in [-0.39, 0.29) is 29.4 Å². The number of imide groups is 1. The topological polar surface area (TPSA) is 74.8 Å². The predicted octanol–water partition coefficient (Wildman–Crippen LogP) is 3.38. The molecule has 0 spiro atoms.